The molecule has 1 amide bonds. The molecule has 0 saturated carbocycles. The Morgan fingerprint density at radius 3 is 2.61 bits per heavy atom. The first-order chi connectivity index (χ1) is 8.74. The number of nitrogens with one attached hydrogen (secondary N) is 1. The van der Waals surface area contributed by atoms with Gasteiger partial charge in [-0.2, -0.15) is 0 Å². The maximum Gasteiger partial charge on any atom is 0.224 e. The highest BCUT2D eigenvalue weighted by atomic mass is 16.3. The van der Waals surface area contributed by atoms with E-state index in [0.29, 0.717) is 18.5 Å². The monoisotopic (exact) mass is 249 g/mol. The van der Waals surface area contributed by atoms with Gasteiger partial charge in [0.2, 0.25) is 5.91 Å². The number of phenols is 1. The van der Waals surface area contributed by atoms with Gasteiger partial charge in [0, 0.05) is 12.8 Å². The lowest BCUT2D eigenvalue weighted by Gasteiger charge is -2.06. The van der Waals surface area contributed by atoms with Gasteiger partial charge in [0.15, 0.2) is 0 Å². The number of carbonyl (C=O) groups excluding carboxylic acids is 2. The van der Waals surface area contributed by atoms with Crippen LogP contribution in [-0.2, 0) is 9.59 Å². The van der Waals surface area contributed by atoms with E-state index in [1.165, 1.54) is 6.07 Å². The van der Waals surface area contributed by atoms with E-state index in [2.05, 4.69) is 5.32 Å². The Bertz CT molecular complexity index is 390. The Hall–Kier alpha value is -1.84. The van der Waals surface area contributed by atoms with Gasteiger partial charge in [0.25, 0.3) is 0 Å². The maximum absolute atomic E-state index is 11.6. The van der Waals surface area contributed by atoms with Crippen molar-refractivity contribution in [2.24, 2.45) is 0 Å². The summed E-state index contributed by atoms with van der Waals surface area (Å²) in [5.41, 5.74) is 0.448. The zero-order chi connectivity index (χ0) is 13.2. The lowest BCUT2D eigenvalue weighted by Crippen LogP contribution is -2.11. The summed E-state index contributed by atoms with van der Waals surface area (Å²) in [6.07, 6.45) is 5.58. The highest BCUT2D eigenvalue weighted by molar-refractivity contribution is 5.92. The van der Waals surface area contributed by atoms with Crippen LogP contribution in [0.4, 0.5) is 5.69 Å². The molecule has 0 atom stereocenters. The van der Waals surface area contributed by atoms with Crippen molar-refractivity contribution in [1.82, 2.24) is 0 Å². The lowest BCUT2D eigenvalue weighted by molar-refractivity contribution is -0.116. The number of hydrogen-bond acceptors (Lipinski definition) is 3. The van der Waals surface area contributed by atoms with E-state index in [9.17, 15) is 14.7 Å². The molecular weight excluding hydrogens is 230 g/mol. The van der Waals surface area contributed by atoms with E-state index in [4.69, 9.17) is 0 Å². The van der Waals surface area contributed by atoms with Crippen molar-refractivity contribution in [3.8, 4) is 5.75 Å². The second-order valence-corrected chi connectivity index (χ2v) is 4.18. The van der Waals surface area contributed by atoms with Crippen molar-refractivity contribution in [1.29, 1.82) is 0 Å². The minimum absolute atomic E-state index is 0.0804. The molecule has 0 aromatic heterocycles. The zero-order valence-corrected chi connectivity index (χ0v) is 10.4. The summed E-state index contributed by atoms with van der Waals surface area (Å²) in [4.78, 5) is 21.7. The van der Waals surface area contributed by atoms with Crippen LogP contribution in [0.3, 0.4) is 0 Å². The molecule has 0 bridgehead atoms. The summed E-state index contributed by atoms with van der Waals surface area (Å²) in [5.74, 6) is -0.0104. The molecule has 0 radical (unpaired) electrons. The van der Waals surface area contributed by atoms with Gasteiger partial charge in [-0.25, -0.2) is 0 Å². The van der Waals surface area contributed by atoms with Crippen LogP contribution in [-0.4, -0.2) is 17.3 Å². The van der Waals surface area contributed by atoms with Gasteiger partial charge >= 0.3 is 0 Å². The minimum Gasteiger partial charge on any atom is -0.506 e. The second kappa shape index (κ2) is 8.28. The molecule has 4 heteroatoms. The van der Waals surface area contributed by atoms with Crippen LogP contribution >= 0.6 is 0 Å². The highest BCUT2D eigenvalue weighted by Crippen LogP contribution is 2.21. The van der Waals surface area contributed by atoms with E-state index in [-0.39, 0.29) is 11.7 Å². The number of carbonyl (C=O) groups is 2. The van der Waals surface area contributed by atoms with Gasteiger partial charge in [-0.05, 0) is 25.0 Å². The van der Waals surface area contributed by atoms with Crippen LogP contribution in [0.2, 0.25) is 0 Å². The number of amides is 1. The van der Waals surface area contributed by atoms with E-state index in [1.54, 1.807) is 18.2 Å². The lowest BCUT2D eigenvalue weighted by atomic mass is 10.1. The molecule has 0 aliphatic rings. The molecule has 0 unspecified atom stereocenters. The normalized spacial score (nSPS) is 10.0. The number of phenolic OH excluding ortho intramolecular Hbond substituents is 1. The van der Waals surface area contributed by atoms with Crippen molar-refractivity contribution < 1.29 is 14.7 Å². The maximum atomic E-state index is 11.6. The molecule has 18 heavy (non-hydrogen) atoms. The molecule has 0 saturated heterocycles. The highest BCUT2D eigenvalue weighted by Gasteiger charge is 2.04. The van der Waals surface area contributed by atoms with E-state index in [1.807, 2.05) is 0 Å². The van der Waals surface area contributed by atoms with Crippen LogP contribution in [0.25, 0.3) is 0 Å². The molecule has 0 spiro atoms. The summed E-state index contributed by atoms with van der Waals surface area (Å²) in [6, 6.07) is 6.67. The van der Waals surface area contributed by atoms with Gasteiger partial charge < -0.3 is 15.2 Å². The van der Waals surface area contributed by atoms with Crippen molar-refractivity contribution in [2.75, 3.05) is 5.32 Å². The molecule has 1 aromatic rings. The predicted molar refractivity (Wildman–Crippen MR) is 70.5 cm³/mol. The van der Waals surface area contributed by atoms with Crippen molar-refractivity contribution in [2.45, 2.75) is 38.5 Å². The molecule has 0 fully saturated rings. The first-order valence-electron chi connectivity index (χ1n) is 6.25. The number of unbranched alkanes of at least 4 members (excludes halogenated alkanes) is 4. The number of aldehydes is 1. The number of para-hydroxylation sites is 2. The standard InChI is InChI=1S/C14H19NO3/c16-11-7-3-1-2-4-10-14(18)15-12-8-5-6-9-13(12)17/h5-6,8-9,11,17H,1-4,7,10H2,(H,15,18). The third-order valence-corrected chi connectivity index (χ3v) is 2.65. The predicted octanol–water partition coefficient (Wildman–Crippen LogP) is 2.87. The second-order valence-electron chi connectivity index (χ2n) is 4.18. The molecule has 0 heterocycles. The van der Waals surface area contributed by atoms with Crippen LogP contribution in [0.15, 0.2) is 24.3 Å². The third-order valence-electron chi connectivity index (χ3n) is 2.65. The number of anilines is 1. The van der Waals surface area contributed by atoms with E-state index in [0.717, 1.165) is 32.0 Å². The van der Waals surface area contributed by atoms with Gasteiger partial charge in [-0.1, -0.05) is 25.0 Å². The Labute approximate surface area is 107 Å². The number of benzene rings is 1. The van der Waals surface area contributed by atoms with Gasteiger partial charge in [-0.15, -0.1) is 0 Å². The average Bonchev–Trinajstić information content (AvgIpc) is 2.36. The molecule has 1 rings (SSSR count). The fourth-order valence-electron chi connectivity index (χ4n) is 1.66. The van der Waals surface area contributed by atoms with Gasteiger partial charge in [0.1, 0.15) is 12.0 Å². The topological polar surface area (TPSA) is 66.4 Å². The Morgan fingerprint density at radius 1 is 1.17 bits per heavy atom. The zero-order valence-electron chi connectivity index (χ0n) is 10.4. The summed E-state index contributed by atoms with van der Waals surface area (Å²) in [5, 5.41) is 12.1. The quantitative estimate of drug-likeness (QED) is 0.423. The third kappa shape index (κ3) is 5.48. The summed E-state index contributed by atoms with van der Waals surface area (Å²) < 4.78 is 0. The van der Waals surface area contributed by atoms with Crippen molar-refractivity contribution in [3.63, 3.8) is 0 Å². The van der Waals surface area contributed by atoms with Crippen LogP contribution in [0, 0.1) is 0 Å². The Balaban J connectivity index is 2.18. The van der Waals surface area contributed by atoms with Crippen LogP contribution < -0.4 is 5.32 Å². The Kier molecular flexibility index (Phi) is 6.54. The fraction of sp³-hybridized carbons (Fsp3) is 0.429. The van der Waals surface area contributed by atoms with E-state index >= 15 is 0 Å². The van der Waals surface area contributed by atoms with Crippen LogP contribution in [0.5, 0.6) is 5.75 Å². The van der Waals surface area contributed by atoms with Gasteiger partial charge in [-0.3, -0.25) is 4.79 Å². The molecular formula is C14H19NO3. The van der Waals surface area contributed by atoms with Crippen molar-refractivity contribution >= 4 is 17.9 Å². The Morgan fingerprint density at radius 2 is 1.89 bits per heavy atom. The number of rotatable bonds is 8. The summed E-state index contributed by atoms with van der Waals surface area (Å²) >= 11 is 0. The molecule has 1 aromatic carbocycles. The molecule has 4 nitrogen and oxygen atoms in total. The average molecular weight is 249 g/mol. The molecule has 2 N–H and O–H groups in total. The minimum atomic E-state index is -0.0908. The summed E-state index contributed by atoms with van der Waals surface area (Å²) in [7, 11) is 0. The van der Waals surface area contributed by atoms with Crippen LogP contribution in [0.1, 0.15) is 38.5 Å². The molecule has 0 aliphatic heterocycles. The fourth-order valence-corrected chi connectivity index (χ4v) is 1.66. The smallest absolute Gasteiger partial charge is 0.224 e. The SMILES string of the molecule is O=CCCCCCCC(=O)Nc1ccccc1O. The van der Waals surface area contributed by atoms with E-state index < -0.39 is 0 Å². The largest absolute Gasteiger partial charge is 0.506 e. The number of aromatic hydroxyl groups is 1. The molecule has 0 aliphatic carbocycles. The van der Waals surface area contributed by atoms with Gasteiger partial charge in [0.05, 0.1) is 5.69 Å². The number of hydrogen-bond donors (Lipinski definition) is 2. The first kappa shape index (κ1) is 14.2. The summed E-state index contributed by atoms with van der Waals surface area (Å²) in [6.45, 7) is 0. The first-order valence-corrected chi connectivity index (χ1v) is 6.25. The molecule has 98 valence electrons. The van der Waals surface area contributed by atoms with Crippen molar-refractivity contribution in [3.05, 3.63) is 24.3 Å².